The van der Waals surface area contributed by atoms with Crippen molar-refractivity contribution in [3.63, 3.8) is 0 Å². The largest absolute Gasteiger partial charge is 0.351 e. The van der Waals surface area contributed by atoms with Crippen molar-refractivity contribution in [2.45, 2.75) is 77.2 Å². The molecule has 2 heterocycles. The van der Waals surface area contributed by atoms with E-state index in [1.165, 1.54) is 56.9 Å². The monoisotopic (exact) mass is 513 g/mol. The lowest BCUT2D eigenvalue weighted by molar-refractivity contribution is -0.115. The zero-order valence-electron chi connectivity index (χ0n) is 23.0. The van der Waals surface area contributed by atoms with E-state index in [1.54, 1.807) is 0 Å². The van der Waals surface area contributed by atoms with E-state index in [2.05, 4.69) is 28.4 Å². The Labute approximate surface area is 228 Å². The molecular weight excluding hydrogens is 470 g/mol. The van der Waals surface area contributed by atoms with Crippen molar-refractivity contribution in [2.24, 2.45) is 5.92 Å². The van der Waals surface area contributed by atoms with Crippen LogP contribution in [-0.2, 0) is 11.3 Å². The summed E-state index contributed by atoms with van der Waals surface area (Å²) in [5, 5.41) is 3.07. The molecule has 0 spiro atoms. The van der Waals surface area contributed by atoms with Crippen LogP contribution >= 0.6 is 0 Å². The minimum Gasteiger partial charge on any atom is -0.351 e. The predicted molar refractivity (Wildman–Crippen MR) is 154 cm³/mol. The predicted octanol–water partition coefficient (Wildman–Crippen LogP) is 6.45. The number of nitrogens with one attached hydrogen (secondary N) is 1. The van der Waals surface area contributed by atoms with Crippen LogP contribution in [0.4, 0.5) is 5.69 Å². The number of likely N-dealkylation sites (tertiary alicyclic amines) is 1. The van der Waals surface area contributed by atoms with Crippen LogP contribution in [0.25, 0.3) is 0 Å². The molecule has 2 aromatic rings. The fourth-order valence-corrected chi connectivity index (χ4v) is 6.66. The summed E-state index contributed by atoms with van der Waals surface area (Å²) in [4.78, 5) is 30.8. The second kappa shape index (κ2) is 12.8. The second-order valence-corrected chi connectivity index (χ2v) is 11.3. The summed E-state index contributed by atoms with van der Waals surface area (Å²) in [6, 6.07) is 16.2. The van der Waals surface area contributed by atoms with Crippen molar-refractivity contribution in [1.82, 2.24) is 10.2 Å². The standard InChI is InChI=1S/C33H43N3O2/c1-2-28-30(23-25-11-5-3-6-12-25)29-13-7-8-14-31(29)36(33(28)38)24-26-15-17-27(18-16-26)32(37)34-19-22-35-20-9-4-10-21-35/h2,7-8,13-18,25,30H,3-6,9-12,19-24H2,1H3,(H,34,37). The van der Waals surface area contributed by atoms with Gasteiger partial charge in [0.05, 0.1) is 6.54 Å². The molecule has 1 atom stereocenters. The molecule has 1 unspecified atom stereocenters. The molecule has 0 aromatic heterocycles. The van der Waals surface area contributed by atoms with Crippen LogP contribution in [-0.4, -0.2) is 42.9 Å². The summed E-state index contributed by atoms with van der Waals surface area (Å²) in [7, 11) is 0. The molecule has 0 bridgehead atoms. The van der Waals surface area contributed by atoms with Crippen molar-refractivity contribution in [3.05, 3.63) is 76.9 Å². The maximum atomic E-state index is 13.8. The zero-order chi connectivity index (χ0) is 26.3. The Morgan fingerprint density at radius 2 is 1.66 bits per heavy atom. The molecule has 5 heteroatoms. The van der Waals surface area contributed by atoms with Gasteiger partial charge < -0.3 is 15.1 Å². The summed E-state index contributed by atoms with van der Waals surface area (Å²) in [5.74, 6) is 0.968. The van der Waals surface area contributed by atoms with Crippen molar-refractivity contribution in [1.29, 1.82) is 0 Å². The van der Waals surface area contributed by atoms with E-state index in [0.717, 1.165) is 42.9 Å². The lowest BCUT2D eigenvalue weighted by Gasteiger charge is -2.38. The van der Waals surface area contributed by atoms with E-state index in [1.807, 2.05) is 48.2 Å². The number of amides is 2. The smallest absolute Gasteiger partial charge is 0.254 e. The lowest BCUT2D eigenvalue weighted by atomic mass is 9.75. The van der Waals surface area contributed by atoms with Crippen LogP contribution in [0.2, 0.25) is 0 Å². The van der Waals surface area contributed by atoms with Gasteiger partial charge in [-0.05, 0) is 74.5 Å². The van der Waals surface area contributed by atoms with Gasteiger partial charge in [-0.15, -0.1) is 0 Å². The molecule has 5 rings (SSSR count). The summed E-state index contributed by atoms with van der Waals surface area (Å²) in [6.07, 6.45) is 13.5. The first kappa shape index (κ1) is 26.7. The van der Waals surface area contributed by atoms with E-state index in [4.69, 9.17) is 0 Å². The Morgan fingerprint density at radius 3 is 2.39 bits per heavy atom. The number of piperidine rings is 1. The molecule has 202 valence electrons. The van der Waals surface area contributed by atoms with E-state index < -0.39 is 0 Å². The molecule has 2 aromatic carbocycles. The van der Waals surface area contributed by atoms with Gasteiger partial charge in [0, 0.05) is 35.8 Å². The van der Waals surface area contributed by atoms with E-state index in [0.29, 0.717) is 24.6 Å². The van der Waals surface area contributed by atoms with Gasteiger partial charge in [0.15, 0.2) is 0 Å². The van der Waals surface area contributed by atoms with Crippen molar-refractivity contribution < 1.29 is 9.59 Å². The van der Waals surface area contributed by atoms with Gasteiger partial charge in [-0.25, -0.2) is 0 Å². The average Bonchev–Trinajstić information content (AvgIpc) is 2.96. The fraction of sp³-hybridized carbons (Fsp3) is 0.515. The van der Waals surface area contributed by atoms with Crippen molar-refractivity contribution >= 4 is 17.5 Å². The Kier molecular flexibility index (Phi) is 8.95. The average molecular weight is 514 g/mol. The van der Waals surface area contributed by atoms with Crippen LogP contribution in [0.3, 0.4) is 0 Å². The minimum atomic E-state index is -0.0327. The van der Waals surface area contributed by atoms with Crippen molar-refractivity contribution in [3.8, 4) is 0 Å². The summed E-state index contributed by atoms with van der Waals surface area (Å²) >= 11 is 0. The molecule has 5 nitrogen and oxygen atoms in total. The van der Waals surface area contributed by atoms with Crippen molar-refractivity contribution in [2.75, 3.05) is 31.1 Å². The number of carbonyl (C=O) groups is 2. The molecule has 1 N–H and O–H groups in total. The van der Waals surface area contributed by atoms with Gasteiger partial charge in [0.25, 0.3) is 11.8 Å². The first-order valence-corrected chi connectivity index (χ1v) is 14.8. The molecular formula is C33H43N3O2. The highest BCUT2D eigenvalue weighted by molar-refractivity contribution is 6.09. The molecule has 1 aliphatic carbocycles. The Hall–Kier alpha value is -2.92. The Bertz CT molecular complexity index is 1130. The highest BCUT2D eigenvalue weighted by Gasteiger charge is 2.36. The van der Waals surface area contributed by atoms with Gasteiger partial charge in [0.1, 0.15) is 0 Å². The van der Waals surface area contributed by atoms with E-state index in [-0.39, 0.29) is 17.7 Å². The topological polar surface area (TPSA) is 52.7 Å². The summed E-state index contributed by atoms with van der Waals surface area (Å²) < 4.78 is 0. The number of carbonyl (C=O) groups excluding carboxylic acids is 2. The number of hydrogen-bond donors (Lipinski definition) is 1. The zero-order valence-corrected chi connectivity index (χ0v) is 23.0. The summed E-state index contributed by atoms with van der Waals surface area (Å²) in [6.45, 7) is 6.37. The normalized spacial score (nSPS) is 21.9. The lowest BCUT2D eigenvalue weighted by Crippen LogP contribution is -2.38. The molecule has 2 aliphatic heterocycles. The van der Waals surface area contributed by atoms with Crippen LogP contribution < -0.4 is 10.2 Å². The second-order valence-electron chi connectivity index (χ2n) is 11.3. The molecule has 2 fully saturated rings. The van der Waals surface area contributed by atoms with Crippen LogP contribution in [0.15, 0.2) is 60.2 Å². The van der Waals surface area contributed by atoms with Gasteiger partial charge >= 0.3 is 0 Å². The number of benzene rings is 2. The molecule has 1 saturated heterocycles. The highest BCUT2D eigenvalue weighted by Crippen LogP contribution is 2.45. The number of para-hydroxylation sites is 1. The molecule has 0 radical (unpaired) electrons. The summed E-state index contributed by atoms with van der Waals surface area (Å²) in [5.41, 5.74) is 4.93. The molecule has 3 aliphatic rings. The third-order valence-electron chi connectivity index (χ3n) is 8.79. The first-order valence-electron chi connectivity index (χ1n) is 14.8. The van der Waals surface area contributed by atoms with Crippen LogP contribution in [0.1, 0.15) is 92.1 Å². The SMILES string of the molecule is CC=C1C(=O)N(Cc2ccc(C(=O)NCCN3CCCCC3)cc2)c2ccccc2C1CC1CCCCC1. The third-order valence-corrected chi connectivity index (χ3v) is 8.79. The number of hydrogen-bond acceptors (Lipinski definition) is 3. The van der Waals surface area contributed by atoms with Gasteiger partial charge in [-0.2, -0.15) is 0 Å². The third kappa shape index (κ3) is 6.20. The quantitative estimate of drug-likeness (QED) is 0.413. The molecule has 38 heavy (non-hydrogen) atoms. The van der Waals surface area contributed by atoms with Gasteiger partial charge in [-0.1, -0.05) is 74.9 Å². The number of fused-ring (bicyclic) bond motifs is 1. The molecule has 2 amide bonds. The van der Waals surface area contributed by atoms with Crippen LogP contribution in [0, 0.1) is 5.92 Å². The Morgan fingerprint density at radius 1 is 0.947 bits per heavy atom. The Balaban J connectivity index is 1.25. The maximum Gasteiger partial charge on any atom is 0.254 e. The first-order chi connectivity index (χ1) is 18.6. The number of nitrogens with zero attached hydrogens (tertiary/aromatic N) is 2. The molecule has 1 saturated carbocycles. The van der Waals surface area contributed by atoms with Gasteiger partial charge in [0.2, 0.25) is 0 Å². The van der Waals surface area contributed by atoms with E-state index >= 15 is 0 Å². The van der Waals surface area contributed by atoms with Gasteiger partial charge in [-0.3, -0.25) is 9.59 Å². The highest BCUT2D eigenvalue weighted by atomic mass is 16.2. The van der Waals surface area contributed by atoms with E-state index in [9.17, 15) is 9.59 Å². The number of anilines is 1. The fourth-order valence-electron chi connectivity index (χ4n) is 6.66. The number of allylic oxidation sites excluding steroid dienone is 1. The minimum absolute atomic E-state index is 0.0327. The maximum absolute atomic E-state index is 13.8. The number of rotatable bonds is 8. The van der Waals surface area contributed by atoms with Crippen LogP contribution in [0.5, 0.6) is 0 Å².